The van der Waals surface area contributed by atoms with Gasteiger partial charge in [-0.25, -0.2) is 0 Å². The van der Waals surface area contributed by atoms with E-state index in [9.17, 15) is 4.79 Å². The van der Waals surface area contributed by atoms with Crippen molar-refractivity contribution < 1.29 is 9.53 Å². The van der Waals surface area contributed by atoms with Crippen LogP contribution in [0.3, 0.4) is 0 Å². The van der Waals surface area contributed by atoms with Crippen LogP contribution in [0.25, 0.3) is 0 Å². The van der Waals surface area contributed by atoms with Crippen molar-refractivity contribution in [3.63, 3.8) is 0 Å². The molecule has 2 saturated heterocycles. The third-order valence-corrected chi connectivity index (χ3v) is 4.45. The molecule has 0 aromatic heterocycles. The van der Waals surface area contributed by atoms with E-state index in [-0.39, 0.29) is 12.0 Å². The van der Waals surface area contributed by atoms with Crippen LogP contribution in [0, 0.1) is 0 Å². The highest BCUT2D eigenvalue weighted by Gasteiger charge is 2.32. The van der Waals surface area contributed by atoms with Crippen molar-refractivity contribution in [2.75, 3.05) is 32.0 Å². The Balaban J connectivity index is 1.55. The van der Waals surface area contributed by atoms with Crippen LogP contribution in [0.4, 0.5) is 5.69 Å². The topological polar surface area (TPSA) is 67.6 Å². The van der Waals surface area contributed by atoms with Crippen LogP contribution in [-0.2, 0) is 4.74 Å². The number of fused-ring (bicyclic) bond motifs is 1. The SMILES string of the molecule is Nc1ccc(Cl)cc1C(=O)NCC1CN2CCCC2CO1. The number of carbonyl (C=O) groups is 1. The second-order valence-corrected chi connectivity index (χ2v) is 6.12. The number of ether oxygens (including phenoxy) is 1. The van der Waals surface area contributed by atoms with E-state index in [1.807, 2.05) is 0 Å². The Morgan fingerprint density at radius 1 is 1.52 bits per heavy atom. The molecule has 2 unspecified atom stereocenters. The van der Waals surface area contributed by atoms with Gasteiger partial charge in [-0.05, 0) is 37.6 Å². The van der Waals surface area contributed by atoms with Crippen LogP contribution in [0.5, 0.6) is 0 Å². The van der Waals surface area contributed by atoms with Gasteiger partial charge in [0.15, 0.2) is 0 Å². The van der Waals surface area contributed by atoms with Gasteiger partial charge in [-0.3, -0.25) is 9.69 Å². The molecular formula is C15H20ClN3O2. The van der Waals surface area contributed by atoms with Crippen molar-refractivity contribution in [2.24, 2.45) is 0 Å². The summed E-state index contributed by atoms with van der Waals surface area (Å²) in [6.07, 6.45) is 2.51. The fourth-order valence-electron chi connectivity index (χ4n) is 3.04. The number of hydrogen-bond acceptors (Lipinski definition) is 4. The number of morpholine rings is 1. The van der Waals surface area contributed by atoms with Gasteiger partial charge in [0, 0.05) is 29.8 Å². The zero-order valence-corrected chi connectivity index (χ0v) is 12.6. The molecule has 6 heteroatoms. The quantitative estimate of drug-likeness (QED) is 0.831. The minimum Gasteiger partial charge on any atom is -0.398 e. The summed E-state index contributed by atoms with van der Waals surface area (Å²) in [6, 6.07) is 5.47. The largest absolute Gasteiger partial charge is 0.398 e. The number of benzene rings is 1. The van der Waals surface area contributed by atoms with Gasteiger partial charge in [0.25, 0.3) is 5.91 Å². The van der Waals surface area contributed by atoms with Crippen LogP contribution in [-0.4, -0.2) is 49.2 Å². The number of nitrogens with zero attached hydrogens (tertiary/aromatic N) is 1. The van der Waals surface area contributed by atoms with Gasteiger partial charge in [-0.15, -0.1) is 0 Å². The fraction of sp³-hybridized carbons (Fsp3) is 0.533. The van der Waals surface area contributed by atoms with Gasteiger partial charge < -0.3 is 15.8 Å². The fourth-order valence-corrected chi connectivity index (χ4v) is 3.21. The van der Waals surface area contributed by atoms with Crippen molar-refractivity contribution >= 4 is 23.2 Å². The summed E-state index contributed by atoms with van der Waals surface area (Å²) in [7, 11) is 0. The first-order valence-corrected chi connectivity index (χ1v) is 7.70. The Labute approximate surface area is 129 Å². The summed E-state index contributed by atoms with van der Waals surface area (Å²) in [4.78, 5) is 14.6. The molecule has 3 rings (SSSR count). The van der Waals surface area contributed by atoms with Gasteiger partial charge >= 0.3 is 0 Å². The third-order valence-electron chi connectivity index (χ3n) is 4.21. The highest BCUT2D eigenvalue weighted by atomic mass is 35.5. The van der Waals surface area contributed by atoms with Crippen LogP contribution in [0.1, 0.15) is 23.2 Å². The molecule has 0 bridgehead atoms. The number of rotatable bonds is 3. The van der Waals surface area contributed by atoms with Crippen molar-refractivity contribution in [3.8, 4) is 0 Å². The second kappa shape index (κ2) is 6.22. The minimum absolute atomic E-state index is 0.0451. The van der Waals surface area contributed by atoms with E-state index < -0.39 is 0 Å². The van der Waals surface area contributed by atoms with E-state index in [2.05, 4.69) is 10.2 Å². The van der Waals surface area contributed by atoms with Crippen molar-refractivity contribution in [2.45, 2.75) is 25.0 Å². The molecule has 21 heavy (non-hydrogen) atoms. The summed E-state index contributed by atoms with van der Waals surface area (Å²) in [6.45, 7) is 3.28. The molecule has 1 amide bonds. The Kier molecular flexibility index (Phi) is 4.33. The Bertz CT molecular complexity index is 538. The molecule has 2 aliphatic rings. The lowest BCUT2D eigenvalue weighted by Crippen LogP contribution is -2.50. The highest BCUT2D eigenvalue weighted by molar-refractivity contribution is 6.31. The van der Waals surface area contributed by atoms with Crippen molar-refractivity contribution in [3.05, 3.63) is 28.8 Å². The molecule has 0 aliphatic carbocycles. The van der Waals surface area contributed by atoms with Gasteiger partial charge in [0.05, 0.1) is 18.3 Å². The van der Waals surface area contributed by atoms with E-state index in [1.165, 1.54) is 12.8 Å². The Morgan fingerprint density at radius 3 is 3.24 bits per heavy atom. The molecule has 0 saturated carbocycles. The van der Waals surface area contributed by atoms with Crippen LogP contribution < -0.4 is 11.1 Å². The van der Waals surface area contributed by atoms with Gasteiger partial charge in [0.1, 0.15) is 0 Å². The highest BCUT2D eigenvalue weighted by Crippen LogP contribution is 2.22. The van der Waals surface area contributed by atoms with Crippen LogP contribution >= 0.6 is 11.6 Å². The minimum atomic E-state index is -0.206. The molecule has 0 spiro atoms. The average molecular weight is 310 g/mol. The predicted octanol–water partition coefficient (Wildman–Crippen LogP) is 1.52. The number of halogens is 1. The lowest BCUT2D eigenvalue weighted by Gasteiger charge is -2.35. The monoisotopic (exact) mass is 309 g/mol. The van der Waals surface area contributed by atoms with E-state index in [1.54, 1.807) is 18.2 Å². The first-order valence-electron chi connectivity index (χ1n) is 7.32. The molecule has 0 radical (unpaired) electrons. The number of nitrogens with one attached hydrogen (secondary N) is 1. The summed E-state index contributed by atoms with van der Waals surface area (Å²) in [5, 5.41) is 3.39. The third kappa shape index (κ3) is 3.31. The molecule has 2 heterocycles. The standard InChI is InChI=1S/C15H20ClN3O2/c16-10-3-4-14(17)13(6-10)15(20)18-7-12-8-19-5-1-2-11(19)9-21-12/h3-4,6,11-12H,1-2,5,7-9,17H2,(H,18,20). The number of carbonyl (C=O) groups excluding carboxylic acids is 1. The van der Waals surface area contributed by atoms with E-state index in [0.29, 0.717) is 28.9 Å². The Morgan fingerprint density at radius 2 is 2.38 bits per heavy atom. The molecule has 2 aliphatic heterocycles. The zero-order chi connectivity index (χ0) is 14.8. The molecule has 2 fully saturated rings. The normalized spacial score (nSPS) is 25.6. The number of anilines is 1. The lowest BCUT2D eigenvalue weighted by molar-refractivity contribution is -0.0461. The van der Waals surface area contributed by atoms with E-state index in [4.69, 9.17) is 22.1 Å². The van der Waals surface area contributed by atoms with Crippen molar-refractivity contribution in [1.82, 2.24) is 10.2 Å². The zero-order valence-electron chi connectivity index (χ0n) is 11.8. The first kappa shape index (κ1) is 14.6. The second-order valence-electron chi connectivity index (χ2n) is 5.69. The Hall–Kier alpha value is -1.30. The molecule has 114 valence electrons. The van der Waals surface area contributed by atoms with Crippen LogP contribution in [0.2, 0.25) is 5.02 Å². The molecular weight excluding hydrogens is 290 g/mol. The van der Waals surface area contributed by atoms with Gasteiger partial charge in [-0.2, -0.15) is 0 Å². The number of hydrogen-bond donors (Lipinski definition) is 2. The average Bonchev–Trinajstić information content (AvgIpc) is 2.94. The molecule has 2 atom stereocenters. The maximum atomic E-state index is 12.2. The smallest absolute Gasteiger partial charge is 0.253 e. The molecule has 5 nitrogen and oxygen atoms in total. The lowest BCUT2D eigenvalue weighted by atomic mass is 10.1. The first-order chi connectivity index (χ1) is 10.1. The molecule has 1 aromatic rings. The summed E-state index contributed by atoms with van der Waals surface area (Å²) in [5.41, 5.74) is 6.66. The maximum Gasteiger partial charge on any atom is 0.253 e. The molecule has 3 N–H and O–H groups in total. The van der Waals surface area contributed by atoms with E-state index in [0.717, 1.165) is 19.7 Å². The predicted molar refractivity (Wildman–Crippen MR) is 82.5 cm³/mol. The summed E-state index contributed by atoms with van der Waals surface area (Å²) >= 11 is 5.90. The summed E-state index contributed by atoms with van der Waals surface area (Å²) < 4.78 is 5.82. The van der Waals surface area contributed by atoms with Crippen molar-refractivity contribution in [1.29, 1.82) is 0 Å². The maximum absolute atomic E-state index is 12.2. The van der Waals surface area contributed by atoms with E-state index >= 15 is 0 Å². The summed E-state index contributed by atoms with van der Waals surface area (Å²) in [5.74, 6) is -0.206. The number of amides is 1. The van der Waals surface area contributed by atoms with Crippen LogP contribution in [0.15, 0.2) is 18.2 Å². The van der Waals surface area contributed by atoms with Gasteiger partial charge in [0.2, 0.25) is 0 Å². The molecule has 1 aromatic carbocycles. The number of nitrogen functional groups attached to an aromatic ring is 1. The van der Waals surface area contributed by atoms with Gasteiger partial charge in [-0.1, -0.05) is 11.6 Å². The number of nitrogens with two attached hydrogens (primary N) is 1.